The van der Waals surface area contributed by atoms with E-state index < -0.39 is 0 Å². The van der Waals surface area contributed by atoms with E-state index in [1.807, 2.05) is 16.3 Å². The number of nitrogens with one attached hydrogen (secondary N) is 2. The molecule has 1 aromatic carbocycles. The Morgan fingerprint density at radius 2 is 2.12 bits per heavy atom. The third kappa shape index (κ3) is 4.41. The summed E-state index contributed by atoms with van der Waals surface area (Å²) >= 11 is 1.70. The first kappa shape index (κ1) is 21.1. The molecule has 2 aliphatic heterocycles. The van der Waals surface area contributed by atoms with Crippen molar-refractivity contribution in [1.82, 2.24) is 20.2 Å². The number of likely N-dealkylation sites (tertiary alicyclic amines) is 1. The van der Waals surface area contributed by atoms with Gasteiger partial charge in [0.05, 0.1) is 11.0 Å². The molecule has 2 fully saturated rings. The topological polar surface area (TPSA) is 78.1 Å². The third-order valence-electron chi connectivity index (χ3n) is 6.84. The summed E-state index contributed by atoms with van der Waals surface area (Å²) in [5, 5.41) is 5.22. The van der Waals surface area contributed by atoms with Crippen molar-refractivity contribution in [2.75, 3.05) is 13.1 Å². The molecule has 3 aromatic rings. The first-order valence-corrected chi connectivity index (χ1v) is 12.1. The predicted octanol–water partition coefficient (Wildman–Crippen LogP) is 4.14. The molecule has 1 atom stereocenters. The van der Waals surface area contributed by atoms with Crippen molar-refractivity contribution in [1.29, 1.82) is 0 Å². The number of hydrogen-bond donors (Lipinski definition) is 2. The van der Waals surface area contributed by atoms with Crippen molar-refractivity contribution in [2.24, 2.45) is 0 Å². The van der Waals surface area contributed by atoms with Crippen molar-refractivity contribution >= 4 is 34.2 Å². The van der Waals surface area contributed by atoms with Gasteiger partial charge in [0.25, 0.3) is 0 Å². The van der Waals surface area contributed by atoms with Crippen LogP contribution in [0.3, 0.4) is 0 Å². The van der Waals surface area contributed by atoms with Gasteiger partial charge in [-0.05, 0) is 55.3 Å². The zero-order chi connectivity index (χ0) is 22.1. The van der Waals surface area contributed by atoms with Gasteiger partial charge in [0, 0.05) is 48.7 Å². The maximum absolute atomic E-state index is 13.5. The molecule has 0 saturated carbocycles. The van der Waals surface area contributed by atoms with Crippen LogP contribution >= 0.6 is 11.3 Å². The van der Waals surface area contributed by atoms with Gasteiger partial charge in [-0.2, -0.15) is 0 Å². The van der Waals surface area contributed by atoms with Crippen LogP contribution < -0.4 is 5.32 Å². The zero-order valence-electron chi connectivity index (χ0n) is 17.9. The second-order valence-corrected chi connectivity index (χ2v) is 10.1. The van der Waals surface area contributed by atoms with Crippen LogP contribution in [0.1, 0.15) is 55.1 Å². The molecule has 6 nitrogen and oxygen atoms in total. The lowest BCUT2D eigenvalue weighted by Crippen LogP contribution is -2.45. The summed E-state index contributed by atoms with van der Waals surface area (Å²) in [6.45, 7) is 1.39. The van der Waals surface area contributed by atoms with Gasteiger partial charge in [-0.15, -0.1) is 11.3 Å². The van der Waals surface area contributed by atoms with Crippen LogP contribution in [-0.4, -0.2) is 45.3 Å². The van der Waals surface area contributed by atoms with E-state index in [2.05, 4.69) is 21.4 Å². The number of benzene rings is 1. The SMILES string of the molecule is O=C1CC[C@](CCC(=O)N2CCC(c3nc4ccc(F)cc4[nH]3)CC2)(Cc2cccs2)N1. The van der Waals surface area contributed by atoms with E-state index in [0.717, 1.165) is 37.0 Å². The van der Waals surface area contributed by atoms with E-state index >= 15 is 0 Å². The van der Waals surface area contributed by atoms with Crippen LogP contribution in [0.2, 0.25) is 0 Å². The number of hydrogen-bond acceptors (Lipinski definition) is 4. The number of imidazole rings is 1. The number of H-pyrrole nitrogens is 1. The highest BCUT2D eigenvalue weighted by atomic mass is 32.1. The Kier molecular flexibility index (Phi) is 5.71. The number of aromatic nitrogens is 2. The second kappa shape index (κ2) is 8.65. The van der Waals surface area contributed by atoms with E-state index in [-0.39, 0.29) is 29.1 Å². The molecular formula is C24H27FN4O2S. The molecule has 0 spiro atoms. The first-order valence-electron chi connectivity index (χ1n) is 11.3. The molecule has 8 heteroatoms. The summed E-state index contributed by atoms with van der Waals surface area (Å²) in [6.07, 6.45) is 4.90. The number of aromatic amines is 1. The molecule has 0 unspecified atom stereocenters. The van der Waals surface area contributed by atoms with Crippen LogP contribution in [0.15, 0.2) is 35.7 Å². The maximum atomic E-state index is 13.5. The van der Waals surface area contributed by atoms with Gasteiger partial charge in [0.15, 0.2) is 0 Å². The number of amides is 2. The van der Waals surface area contributed by atoms with E-state index in [9.17, 15) is 14.0 Å². The summed E-state index contributed by atoms with van der Waals surface area (Å²) in [7, 11) is 0. The maximum Gasteiger partial charge on any atom is 0.222 e. The molecule has 5 rings (SSSR count). The number of nitrogens with zero attached hydrogens (tertiary/aromatic N) is 2. The van der Waals surface area contributed by atoms with Crippen molar-refractivity contribution in [3.05, 3.63) is 52.2 Å². The molecule has 0 aliphatic carbocycles. The Hall–Kier alpha value is -2.74. The van der Waals surface area contributed by atoms with Crippen molar-refractivity contribution < 1.29 is 14.0 Å². The molecule has 2 N–H and O–H groups in total. The zero-order valence-corrected chi connectivity index (χ0v) is 18.7. The number of carbonyl (C=O) groups is 2. The highest BCUT2D eigenvalue weighted by molar-refractivity contribution is 7.09. The van der Waals surface area contributed by atoms with Crippen molar-refractivity contribution in [3.8, 4) is 0 Å². The minimum atomic E-state index is -0.306. The van der Waals surface area contributed by atoms with Crippen LogP contribution in [-0.2, 0) is 16.0 Å². The molecule has 32 heavy (non-hydrogen) atoms. The van der Waals surface area contributed by atoms with Gasteiger partial charge in [0.2, 0.25) is 11.8 Å². The molecule has 4 heterocycles. The van der Waals surface area contributed by atoms with Gasteiger partial charge in [0.1, 0.15) is 11.6 Å². The number of piperidine rings is 1. The van der Waals surface area contributed by atoms with Gasteiger partial charge >= 0.3 is 0 Å². The third-order valence-corrected chi connectivity index (χ3v) is 7.72. The Morgan fingerprint density at radius 3 is 2.84 bits per heavy atom. The molecule has 0 bridgehead atoms. The number of fused-ring (bicyclic) bond motifs is 1. The molecular weight excluding hydrogens is 427 g/mol. The van der Waals surface area contributed by atoms with Crippen LogP contribution in [0.5, 0.6) is 0 Å². The molecule has 2 aromatic heterocycles. The molecule has 2 aliphatic rings. The quantitative estimate of drug-likeness (QED) is 0.588. The Morgan fingerprint density at radius 1 is 1.28 bits per heavy atom. The molecule has 0 radical (unpaired) electrons. The largest absolute Gasteiger partial charge is 0.350 e. The number of thiophene rings is 1. The average Bonchev–Trinajstić information content (AvgIpc) is 3.53. The molecule has 2 saturated heterocycles. The highest BCUT2D eigenvalue weighted by Gasteiger charge is 2.38. The van der Waals surface area contributed by atoms with Crippen molar-refractivity contribution in [2.45, 2.75) is 56.4 Å². The standard InChI is InChI=1S/C24H27FN4O2S/c25-17-3-4-19-20(14-17)27-23(26-19)16-7-11-29(12-8-16)22(31)6-10-24(9-5-21(30)28-24)15-18-2-1-13-32-18/h1-4,13-14,16H,5-12,15H2,(H,26,27)(H,28,30)/t24-/m0/s1. The van der Waals surface area contributed by atoms with Crippen LogP contribution in [0.4, 0.5) is 4.39 Å². The number of carbonyl (C=O) groups excluding carboxylic acids is 2. The Balaban J connectivity index is 1.17. The van der Waals surface area contributed by atoms with Crippen LogP contribution in [0, 0.1) is 5.82 Å². The summed E-state index contributed by atoms with van der Waals surface area (Å²) in [6, 6.07) is 8.70. The summed E-state index contributed by atoms with van der Waals surface area (Å²) in [5.41, 5.74) is 1.18. The minimum Gasteiger partial charge on any atom is -0.350 e. The summed E-state index contributed by atoms with van der Waals surface area (Å²) < 4.78 is 13.5. The first-order chi connectivity index (χ1) is 15.5. The number of halogens is 1. The predicted molar refractivity (Wildman–Crippen MR) is 122 cm³/mol. The van der Waals surface area contributed by atoms with Crippen molar-refractivity contribution in [3.63, 3.8) is 0 Å². The van der Waals surface area contributed by atoms with Gasteiger partial charge < -0.3 is 15.2 Å². The molecule has 2 amide bonds. The lowest BCUT2D eigenvalue weighted by atomic mass is 9.87. The Labute approximate surface area is 190 Å². The fourth-order valence-corrected chi connectivity index (χ4v) is 5.88. The minimum absolute atomic E-state index is 0.0838. The lowest BCUT2D eigenvalue weighted by molar-refractivity contribution is -0.133. The van der Waals surface area contributed by atoms with Gasteiger partial charge in [-0.25, -0.2) is 9.37 Å². The highest BCUT2D eigenvalue weighted by Crippen LogP contribution is 2.32. The monoisotopic (exact) mass is 454 g/mol. The van der Waals surface area contributed by atoms with E-state index in [0.29, 0.717) is 37.9 Å². The Bertz CT molecular complexity index is 1120. The smallest absolute Gasteiger partial charge is 0.222 e. The van der Waals surface area contributed by atoms with Gasteiger partial charge in [-0.1, -0.05) is 6.07 Å². The summed E-state index contributed by atoms with van der Waals surface area (Å²) in [5.74, 6) is 1.08. The second-order valence-electron chi connectivity index (χ2n) is 9.02. The normalized spacial score (nSPS) is 21.9. The van der Waals surface area contributed by atoms with E-state index in [1.54, 1.807) is 17.4 Å². The van der Waals surface area contributed by atoms with E-state index in [1.165, 1.54) is 17.0 Å². The number of rotatable bonds is 6. The van der Waals surface area contributed by atoms with E-state index in [4.69, 9.17) is 0 Å². The van der Waals surface area contributed by atoms with Gasteiger partial charge in [-0.3, -0.25) is 9.59 Å². The molecule has 168 valence electrons. The lowest BCUT2D eigenvalue weighted by Gasteiger charge is -2.33. The average molecular weight is 455 g/mol. The fourth-order valence-electron chi connectivity index (χ4n) is 5.03. The van der Waals surface area contributed by atoms with Crippen LogP contribution in [0.25, 0.3) is 11.0 Å². The summed E-state index contributed by atoms with van der Waals surface area (Å²) in [4.78, 5) is 36.0. The fraction of sp³-hybridized carbons (Fsp3) is 0.458.